The zero-order valence-electron chi connectivity index (χ0n) is 6.84. The van der Waals surface area contributed by atoms with Crippen molar-refractivity contribution in [3.8, 4) is 0 Å². The van der Waals surface area contributed by atoms with Crippen molar-refractivity contribution in [1.82, 2.24) is 9.97 Å². The predicted octanol–water partition coefficient (Wildman–Crippen LogP) is 1.62. The van der Waals surface area contributed by atoms with E-state index >= 15 is 0 Å². The lowest BCUT2D eigenvalue weighted by molar-refractivity contribution is -0.115. The van der Waals surface area contributed by atoms with Crippen LogP contribution >= 0.6 is 11.6 Å². The highest BCUT2D eigenvalue weighted by molar-refractivity contribution is 6.28. The van der Waals surface area contributed by atoms with Crippen LogP contribution in [-0.2, 0) is 4.79 Å². The van der Waals surface area contributed by atoms with Gasteiger partial charge < -0.3 is 5.32 Å². The Morgan fingerprint density at radius 2 is 2.46 bits per heavy atom. The van der Waals surface area contributed by atoms with Crippen LogP contribution in [0.3, 0.4) is 0 Å². The van der Waals surface area contributed by atoms with Crippen LogP contribution in [-0.4, -0.2) is 15.9 Å². The van der Waals surface area contributed by atoms with Crippen molar-refractivity contribution >= 4 is 23.3 Å². The number of rotatable bonds is 2. The fourth-order valence-corrected chi connectivity index (χ4v) is 0.787. The lowest BCUT2D eigenvalue weighted by atomic mass is 10.4. The molecule has 70 valence electrons. The van der Waals surface area contributed by atoms with Gasteiger partial charge in [-0.05, 0) is 11.6 Å². The van der Waals surface area contributed by atoms with E-state index in [1.54, 1.807) is 6.92 Å². The van der Waals surface area contributed by atoms with Crippen LogP contribution in [0.2, 0.25) is 5.28 Å². The Bertz CT molecular complexity index is 332. The molecule has 0 atom stereocenters. The van der Waals surface area contributed by atoms with Gasteiger partial charge in [-0.2, -0.15) is 4.98 Å². The van der Waals surface area contributed by atoms with Gasteiger partial charge >= 0.3 is 0 Å². The lowest BCUT2D eigenvalue weighted by Gasteiger charge is -2.02. The molecule has 0 aliphatic rings. The number of hydrogen-bond donors (Lipinski definition) is 1. The second kappa shape index (κ2) is 4.13. The summed E-state index contributed by atoms with van der Waals surface area (Å²) in [5.74, 6) is -1.22. The predicted molar refractivity (Wildman–Crippen MR) is 45.9 cm³/mol. The molecule has 0 bridgehead atoms. The standard InChI is InChI=1S/C7H7ClFN3O/c1-2-5(13)11-6-4(9)3-10-7(8)12-6/h3H,2H2,1H3,(H,10,11,12,13). The summed E-state index contributed by atoms with van der Waals surface area (Å²) < 4.78 is 12.9. The number of amides is 1. The molecule has 1 aromatic rings. The number of aromatic nitrogens is 2. The van der Waals surface area contributed by atoms with Crippen molar-refractivity contribution in [2.75, 3.05) is 5.32 Å². The minimum atomic E-state index is -0.703. The monoisotopic (exact) mass is 203 g/mol. The zero-order chi connectivity index (χ0) is 9.84. The molecule has 0 saturated carbocycles. The largest absolute Gasteiger partial charge is 0.308 e. The summed E-state index contributed by atoms with van der Waals surface area (Å²) in [6.45, 7) is 1.65. The van der Waals surface area contributed by atoms with Crippen LogP contribution in [0.25, 0.3) is 0 Å². The van der Waals surface area contributed by atoms with Gasteiger partial charge in [0.15, 0.2) is 11.6 Å². The number of carbonyl (C=O) groups is 1. The second-order valence-electron chi connectivity index (χ2n) is 2.24. The summed E-state index contributed by atoms with van der Waals surface area (Å²) in [6.07, 6.45) is 1.15. The maximum Gasteiger partial charge on any atom is 0.225 e. The first kappa shape index (κ1) is 9.85. The Balaban J connectivity index is 2.87. The van der Waals surface area contributed by atoms with Crippen LogP contribution in [0, 0.1) is 5.82 Å². The molecule has 1 rings (SSSR count). The van der Waals surface area contributed by atoms with Gasteiger partial charge in [0.2, 0.25) is 11.2 Å². The smallest absolute Gasteiger partial charge is 0.225 e. The van der Waals surface area contributed by atoms with E-state index in [0.717, 1.165) is 6.20 Å². The highest BCUT2D eigenvalue weighted by atomic mass is 35.5. The van der Waals surface area contributed by atoms with Gasteiger partial charge in [0, 0.05) is 6.42 Å². The molecule has 0 aromatic carbocycles. The summed E-state index contributed by atoms with van der Waals surface area (Å²) in [5.41, 5.74) is 0. The van der Waals surface area contributed by atoms with Crippen LogP contribution in [0.5, 0.6) is 0 Å². The second-order valence-corrected chi connectivity index (χ2v) is 2.58. The summed E-state index contributed by atoms with van der Waals surface area (Å²) in [5, 5.41) is 2.15. The summed E-state index contributed by atoms with van der Waals surface area (Å²) in [6, 6.07) is 0. The first-order valence-corrected chi connectivity index (χ1v) is 3.99. The Kier molecular flexibility index (Phi) is 3.13. The van der Waals surface area contributed by atoms with Crippen LogP contribution < -0.4 is 5.32 Å². The van der Waals surface area contributed by atoms with Crippen molar-refractivity contribution in [1.29, 1.82) is 0 Å². The topological polar surface area (TPSA) is 54.9 Å². The third-order valence-corrected chi connectivity index (χ3v) is 1.48. The van der Waals surface area contributed by atoms with Crippen molar-refractivity contribution < 1.29 is 9.18 Å². The first-order chi connectivity index (χ1) is 6.13. The third-order valence-electron chi connectivity index (χ3n) is 1.29. The SMILES string of the molecule is CCC(=O)Nc1nc(Cl)ncc1F. The normalized spacial score (nSPS) is 9.77. The molecule has 0 aliphatic carbocycles. The molecular formula is C7H7ClFN3O. The molecule has 13 heavy (non-hydrogen) atoms. The quantitative estimate of drug-likeness (QED) is 0.744. The lowest BCUT2D eigenvalue weighted by Crippen LogP contribution is -2.12. The summed E-state index contributed by atoms with van der Waals surface area (Å²) in [4.78, 5) is 17.8. The highest BCUT2D eigenvalue weighted by Crippen LogP contribution is 2.11. The van der Waals surface area contributed by atoms with E-state index < -0.39 is 5.82 Å². The van der Waals surface area contributed by atoms with Crippen molar-refractivity contribution in [3.63, 3.8) is 0 Å². The number of nitrogens with zero attached hydrogens (tertiary/aromatic N) is 2. The Morgan fingerprint density at radius 3 is 3.08 bits per heavy atom. The van der Waals surface area contributed by atoms with Gasteiger partial charge in [0.1, 0.15) is 0 Å². The molecule has 0 saturated heterocycles. The van der Waals surface area contributed by atoms with E-state index in [2.05, 4.69) is 15.3 Å². The van der Waals surface area contributed by atoms with Gasteiger partial charge in [-0.1, -0.05) is 6.92 Å². The van der Waals surface area contributed by atoms with E-state index in [1.165, 1.54) is 0 Å². The van der Waals surface area contributed by atoms with E-state index in [4.69, 9.17) is 11.6 Å². The molecule has 0 radical (unpaired) electrons. The Labute approximate surface area is 79.1 Å². The van der Waals surface area contributed by atoms with Gasteiger partial charge in [-0.3, -0.25) is 4.79 Å². The van der Waals surface area contributed by atoms with Crippen LogP contribution in [0.15, 0.2) is 6.20 Å². The minimum Gasteiger partial charge on any atom is -0.308 e. The van der Waals surface area contributed by atoms with Crippen molar-refractivity contribution in [3.05, 3.63) is 17.3 Å². The van der Waals surface area contributed by atoms with Crippen molar-refractivity contribution in [2.45, 2.75) is 13.3 Å². The van der Waals surface area contributed by atoms with E-state index in [1.807, 2.05) is 0 Å². The Hall–Kier alpha value is -1.23. The molecular weight excluding hydrogens is 197 g/mol. The molecule has 4 nitrogen and oxygen atoms in total. The number of nitrogens with one attached hydrogen (secondary N) is 1. The van der Waals surface area contributed by atoms with Gasteiger partial charge in [-0.15, -0.1) is 0 Å². The van der Waals surface area contributed by atoms with E-state index in [-0.39, 0.29) is 23.4 Å². The summed E-state index contributed by atoms with van der Waals surface area (Å²) in [7, 11) is 0. The van der Waals surface area contributed by atoms with E-state index in [9.17, 15) is 9.18 Å². The average Bonchev–Trinajstić information content (AvgIpc) is 2.11. The first-order valence-electron chi connectivity index (χ1n) is 3.61. The van der Waals surface area contributed by atoms with Crippen molar-refractivity contribution in [2.24, 2.45) is 0 Å². The molecule has 6 heteroatoms. The molecule has 0 unspecified atom stereocenters. The fraction of sp³-hybridized carbons (Fsp3) is 0.286. The third kappa shape index (κ3) is 2.62. The minimum absolute atomic E-state index is 0.104. The van der Waals surface area contributed by atoms with E-state index in [0.29, 0.717) is 0 Å². The molecule has 0 spiro atoms. The number of carbonyl (C=O) groups excluding carboxylic acids is 1. The molecule has 1 amide bonds. The maximum atomic E-state index is 12.9. The van der Waals surface area contributed by atoms with Gasteiger partial charge in [0.05, 0.1) is 6.20 Å². The van der Waals surface area contributed by atoms with Crippen LogP contribution in [0.4, 0.5) is 10.2 Å². The summed E-state index contributed by atoms with van der Waals surface area (Å²) >= 11 is 5.40. The number of anilines is 1. The molecule has 0 aliphatic heterocycles. The molecule has 1 heterocycles. The number of hydrogen-bond acceptors (Lipinski definition) is 3. The Morgan fingerprint density at radius 1 is 1.77 bits per heavy atom. The average molecular weight is 204 g/mol. The van der Waals surface area contributed by atoms with Gasteiger partial charge in [-0.25, -0.2) is 9.37 Å². The molecule has 1 N–H and O–H groups in total. The van der Waals surface area contributed by atoms with Crippen LogP contribution in [0.1, 0.15) is 13.3 Å². The highest BCUT2D eigenvalue weighted by Gasteiger charge is 2.07. The number of halogens is 2. The fourth-order valence-electron chi connectivity index (χ4n) is 0.654. The zero-order valence-corrected chi connectivity index (χ0v) is 7.60. The van der Waals surface area contributed by atoms with Gasteiger partial charge in [0.25, 0.3) is 0 Å². The molecule has 1 aromatic heterocycles. The molecule has 0 fully saturated rings. The maximum absolute atomic E-state index is 12.9.